The van der Waals surface area contributed by atoms with Crippen molar-refractivity contribution < 1.29 is 14.3 Å². The molecule has 1 amide bonds. The Morgan fingerprint density at radius 2 is 1.84 bits per heavy atom. The molecule has 0 unspecified atom stereocenters. The average Bonchev–Trinajstić information content (AvgIpc) is 2.91. The lowest BCUT2D eigenvalue weighted by Gasteiger charge is -2.26. The second-order valence-electron chi connectivity index (χ2n) is 6.68. The maximum Gasteiger partial charge on any atom is 0.311 e. The summed E-state index contributed by atoms with van der Waals surface area (Å²) in [5.41, 5.74) is 4.10. The third kappa shape index (κ3) is 3.73. The number of nitrogens with zero attached hydrogens (tertiary/aromatic N) is 1. The number of fused-ring (bicyclic) bond motifs is 1. The van der Waals surface area contributed by atoms with Crippen LogP contribution in [0.2, 0.25) is 0 Å². The minimum absolute atomic E-state index is 0.0724. The van der Waals surface area contributed by atoms with Gasteiger partial charge in [0.05, 0.1) is 6.42 Å². The molecule has 0 aliphatic carbocycles. The molecule has 0 bridgehead atoms. The molecule has 0 saturated carbocycles. The molecule has 0 spiro atoms. The topological polar surface area (TPSA) is 46.6 Å². The van der Waals surface area contributed by atoms with Crippen LogP contribution in [0.1, 0.15) is 30.5 Å². The molecule has 1 aliphatic heterocycles. The molecule has 4 nitrogen and oxygen atoms in total. The van der Waals surface area contributed by atoms with Crippen LogP contribution in [0, 0.1) is 6.92 Å². The van der Waals surface area contributed by atoms with Crippen LogP contribution in [-0.4, -0.2) is 24.0 Å². The van der Waals surface area contributed by atoms with E-state index in [9.17, 15) is 9.59 Å². The van der Waals surface area contributed by atoms with Crippen molar-refractivity contribution in [2.45, 2.75) is 45.8 Å². The number of carbonyl (C=O) groups excluding carboxylic acids is 2. The van der Waals surface area contributed by atoms with Crippen molar-refractivity contribution in [2.24, 2.45) is 0 Å². The first-order valence-electron chi connectivity index (χ1n) is 8.61. The fraction of sp³-hybridized carbons (Fsp3) is 0.333. The molecule has 0 aromatic heterocycles. The smallest absolute Gasteiger partial charge is 0.311 e. The number of rotatable bonds is 4. The molecular weight excluding hydrogens is 314 g/mol. The summed E-state index contributed by atoms with van der Waals surface area (Å²) in [4.78, 5) is 26.7. The van der Waals surface area contributed by atoms with E-state index in [4.69, 9.17) is 4.74 Å². The Balaban J connectivity index is 1.64. The minimum Gasteiger partial charge on any atom is -0.452 e. The summed E-state index contributed by atoms with van der Waals surface area (Å²) in [6.45, 7) is 5.65. The standard InChI is InChI=1S/C21H23NO3/c1-14-8-10-17(11-9-14)13-20(23)25-16(3)21(24)22-15(2)12-18-6-4-5-7-19(18)22/h4-11,15-16H,12-13H2,1-3H3/t15-,16-/m1/s1. The van der Waals surface area contributed by atoms with Crippen molar-refractivity contribution in [2.75, 3.05) is 4.90 Å². The number of aryl methyl sites for hydroxylation is 1. The summed E-state index contributed by atoms with van der Waals surface area (Å²) < 4.78 is 5.39. The number of hydrogen-bond acceptors (Lipinski definition) is 3. The minimum atomic E-state index is -0.799. The van der Waals surface area contributed by atoms with Gasteiger partial charge in [0.25, 0.3) is 5.91 Å². The largest absolute Gasteiger partial charge is 0.452 e. The van der Waals surface area contributed by atoms with Gasteiger partial charge in [0.15, 0.2) is 6.10 Å². The molecule has 1 aliphatic rings. The Hall–Kier alpha value is -2.62. The summed E-state index contributed by atoms with van der Waals surface area (Å²) in [5.74, 6) is -0.556. The molecule has 2 aromatic rings. The lowest BCUT2D eigenvalue weighted by Crippen LogP contribution is -2.43. The Labute approximate surface area is 148 Å². The maximum absolute atomic E-state index is 12.8. The van der Waals surface area contributed by atoms with Crippen molar-refractivity contribution >= 4 is 17.6 Å². The van der Waals surface area contributed by atoms with Crippen molar-refractivity contribution in [3.05, 3.63) is 65.2 Å². The van der Waals surface area contributed by atoms with E-state index >= 15 is 0 Å². The molecule has 0 fully saturated rings. The molecule has 4 heteroatoms. The lowest BCUT2D eigenvalue weighted by atomic mass is 10.1. The molecule has 0 radical (unpaired) electrons. The van der Waals surface area contributed by atoms with E-state index in [-0.39, 0.29) is 24.3 Å². The van der Waals surface area contributed by atoms with Crippen LogP contribution in [0.3, 0.4) is 0 Å². The van der Waals surface area contributed by atoms with Gasteiger partial charge < -0.3 is 9.64 Å². The van der Waals surface area contributed by atoms with E-state index in [1.165, 1.54) is 0 Å². The highest BCUT2D eigenvalue weighted by Gasteiger charge is 2.34. The van der Waals surface area contributed by atoms with E-state index < -0.39 is 6.10 Å². The van der Waals surface area contributed by atoms with Gasteiger partial charge in [-0.15, -0.1) is 0 Å². The van der Waals surface area contributed by atoms with Gasteiger partial charge in [-0.1, -0.05) is 48.0 Å². The molecular formula is C21H23NO3. The highest BCUT2D eigenvalue weighted by Crippen LogP contribution is 2.32. The second kappa shape index (κ2) is 7.09. The maximum atomic E-state index is 12.8. The van der Waals surface area contributed by atoms with Crippen LogP contribution in [-0.2, 0) is 27.2 Å². The Morgan fingerprint density at radius 3 is 2.56 bits per heavy atom. The predicted octanol–water partition coefficient (Wildman–Crippen LogP) is 3.45. The Kier molecular flexibility index (Phi) is 4.88. The fourth-order valence-electron chi connectivity index (χ4n) is 3.26. The van der Waals surface area contributed by atoms with E-state index in [0.29, 0.717) is 0 Å². The molecule has 130 valence electrons. The number of ether oxygens (including phenoxy) is 1. The zero-order valence-corrected chi connectivity index (χ0v) is 14.9. The van der Waals surface area contributed by atoms with Gasteiger partial charge in [0.1, 0.15) is 0 Å². The molecule has 25 heavy (non-hydrogen) atoms. The van der Waals surface area contributed by atoms with Gasteiger partial charge >= 0.3 is 5.97 Å². The van der Waals surface area contributed by atoms with E-state index in [1.807, 2.05) is 62.4 Å². The number of hydrogen-bond donors (Lipinski definition) is 0. The Morgan fingerprint density at radius 1 is 1.16 bits per heavy atom. The quantitative estimate of drug-likeness (QED) is 0.803. The van der Waals surface area contributed by atoms with Gasteiger partial charge in [0, 0.05) is 11.7 Å². The highest BCUT2D eigenvalue weighted by atomic mass is 16.5. The molecule has 0 N–H and O–H groups in total. The van der Waals surface area contributed by atoms with Crippen molar-refractivity contribution in [1.82, 2.24) is 0 Å². The number of para-hydroxylation sites is 1. The first-order chi connectivity index (χ1) is 12.0. The summed E-state index contributed by atoms with van der Waals surface area (Å²) in [6.07, 6.45) is 0.197. The van der Waals surface area contributed by atoms with E-state index in [2.05, 4.69) is 0 Å². The van der Waals surface area contributed by atoms with Gasteiger partial charge in [-0.2, -0.15) is 0 Å². The van der Waals surface area contributed by atoms with E-state index in [1.54, 1.807) is 11.8 Å². The number of esters is 1. The van der Waals surface area contributed by atoms with Crippen LogP contribution in [0.25, 0.3) is 0 Å². The summed E-state index contributed by atoms with van der Waals surface area (Å²) in [7, 11) is 0. The van der Waals surface area contributed by atoms with Crippen LogP contribution in [0.15, 0.2) is 48.5 Å². The normalized spacial score (nSPS) is 17.1. The van der Waals surface area contributed by atoms with Gasteiger partial charge in [0.2, 0.25) is 0 Å². The first kappa shape index (κ1) is 17.2. The van der Waals surface area contributed by atoms with Crippen molar-refractivity contribution in [3.63, 3.8) is 0 Å². The Bertz CT molecular complexity index is 782. The number of benzene rings is 2. The van der Waals surface area contributed by atoms with Gasteiger partial charge in [-0.05, 0) is 44.4 Å². The molecule has 1 heterocycles. The van der Waals surface area contributed by atoms with Gasteiger partial charge in [-0.25, -0.2) is 0 Å². The zero-order chi connectivity index (χ0) is 18.0. The lowest BCUT2D eigenvalue weighted by molar-refractivity contribution is -0.153. The molecule has 2 atom stereocenters. The second-order valence-corrected chi connectivity index (χ2v) is 6.68. The van der Waals surface area contributed by atoms with E-state index in [0.717, 1.165) is 28.8 Å². The van der Waals surface area contributed by atoms with Crippen LogP contribution < -0.4 is 4.90 Å². The third-order valence-electron chi connectivity index (χ3n) is 4.57. The first-order valence-corrected chi connectivity index (χ1v) is 8.61. The number of anilines is 1. The summed E-state index contributed by atoms with van der Waals surface area (Å²) >= 11 is 0. The summed E-state index contributed by atoms with van der Waals surface area (Å²) in [6, 6.07) is 15.7. The molecule has 3 rings (SSSR count). The monoisotopic (exact) mass is 337 g/mol. The molecule has 0 saturated heterocycles. The van der Waals surface area contributed by atoms with Crippen molar-refractivity contribution in [1.29, 1.82) is 0 Å². The zero-order valence-electron chi connectivity index (χ0n) is 14.9. The van der Waals surface area contributed by atoms with Crippen LogP contribution >= 0.6 is 0 Å². The average molecular weight is 337 g/mol. The number of carbonyl (C=O) groups is 2. The van der Waals surface area contributed by atoms with Gasteiger partial charge in [-0.3, -0.25) is 9.59 Å². The SMILES string of the molecule is Cc1ccc(CC(=O)O[C@H](C)C(=O)N2c3ccccc3C[C@H]2C)cc1. The third-order valence-corrected chi connectivity index (χ3v) is 4.57. The summed E-state index contributed by atoms with van der Waals surface area (Å²) in [5, 5.41) is 0. The van der Waals surface area contributed by atoms with Crippen LogP contribution in [0.5, 0.6) is 0 Å². The fourth-order valence-corrected chi connectivity index (χ4v) is 3.26. The highest BCUT2D eigenvalue weighted by molar-refractivity contribution is 5.99. The molecule has 2 aromatic carbocycles. The van der Waals surface area contributed by atoms with Crippen LogP contribution in [0.4, 0.5) is 5.69 Å². The predicted molar refractivity (Wildman–Crippen MR) is 97.5 cm³/mol. The van der Waals surface area contributed by atoms with Crippen molar-refractivity contribution in [3.8, 4) is 0 Å². The number of amides is 1.